The number of carbonyl (C=O) groups excluding carboxylic acids is 7. The van der Waals surface area contributed by atoms with Crippen LogP contribution in [0.2, 0.25) is 0 Å². The molecule has 4 fully saturated rings. The second kappa shape index (κ2) is 31.5. The molecule has 3 aromatic rings. The summed E-state index contributed by atoms with van der Waals surface area (Å²) in [6.07, 6.45) is 5.46. The number of unbranched alkanes of at least 4 members (excludes halogenated alkanes) is 1. The predicted molar refractivity (Wildman–Crippen MR) is 366 cm³/mol. The number of fused-ring (bicyclic) bond motifs is 8. The number of carboxylic acids is 1. The third-order valence-corrected chi connectivity index (χ3v) is 24.0. The van der Waals surface area contributed by atoms with Gasteiger partial charge in [0.2, 0.25) is 17.6 Å². The average Bonchev–Trinajstić information content (AvgIpc) is 0.963. The van der Waals surface area contributed by atoms with Gasteiger partial charge >= 0.3 is 19.9 Å². The summed E-state index contributed by atoms with van der Waals surface area (Å²) in [4.78, 5) is 127. The van der Waals surface area contributed by atoms with Crippen LogP contribution in [0.4, 0.5) is 4.79 Å². The van der Waals surface area contributed by atoms with Crippen LogP contribution in [0.1, 0.15) is 218 Å². The summed E-state index contributed by atoms with van der Waals surface area (Å²) < 4.78 is 39.9. The molecule has 3 saturated carbocycles. The fourth-order valence-electron chi connectivity index (χ4n) is 18.3. The molecular formula is C75H100N3O22P. The first kappa shape index (κ1) is 76.5. The minimum absolute atomic E-state index is 0.0117. The van der Waals surface area contributed by atoms with E-state index < -0.39 is 158 Å². The number of ether oxygens (including phenoxy) is 4. The van der Waals surface area contributed by atoms with E-state index >= 15 is 0 Å². The molecule has 0 spiro atoms. The molecule has 552 valence electrons. The summed E-state index contributed by atoms with van der Waals surface area (Å²) >= 11 is 0. The Morgan fingerprint density at radius 3 is 2.26 bits per heavy atom. The third kappa shape index (κ3) is 16.6. The molecule has 3 amide bonds. The summed E-state index contributed by atoms with van der Waals surface area (Å²) in [5.41, 5.74) is -2.34. The number of Topliss-reactive ketones (excluding diaryl/α,β-unsaturated/α-hetero) is 2. The van der Waals surface area contributed by atoms with Crippen molar-refractivity contribution in [2.24, 2.45) is 52.3 Å². The van der Waals surface area contributed by atoms with Gasteiger partial charge in [0.25, 0.3) is 0 Å². The summed E-state index contributed by atoms with van der Waals surface area (Å²) in [6, 6.07) is 7.47. The van der Waals surface area contributed by atoms with Crippen LogP contribution in [-0.2, 0) is 55.6 Å². The number of aliphatic hydroxyl groups is 3. The molecule has 7 aliphatic rings. The smallest absolute Gasteiger partial charge is 0.507 e. The molecule has 11 N–H and O–H groups in total. The van der Waals surface area contributed by atoms with Crippen molar-refractivity contribution < 1.29 is 107 Å². The fourth-order valence-corrected chi connectivity index (χ4v) is 18.7. The van der Waals surface area contributed by atoms with E-state index in [4.69, 9.17) is 23.5 Å². The van der Waals surface area contributed by atoms with Crippen molar-refractivity contribution in [2.45, 2.75) is 225 Å². The zero-order valence-electron chi connectivity index (χ0n) is 58.7. The molecular weight excluding hydrogens is 1330 g/mol. The molecule has 16 atom stereocenters. The minimum atomic E-state index is -4.89. The van der Waals surface area contributed by atoms with Crippen molar-refractivity contribution in [3.8, 4) is 23.0 Å². The van der Waals surface area contributed by atoms with Gasteiger partial charge in [0, 0.05) is 68.2 Å². The number of phosphoric ester groups is 1. The first-order chi connectivity index (χ1) is 47.8. The van der Waals surface area contributed by atoms with E-state index in [2.05, 4.69) is 56.6 Å². The number of alkyl carbamates (subject to hydrolysis) is 1. The van der Waals surface area contributed by atoms with Crippen molar-refractivity contribution in [2.75, 3.05) is 20.3 Å². The second-order valence-corrected chi connectivity index (χ2v) is 31.6. The molecule has 26 heteroatoms. The number of rotatable bonds is 29. The number of aromatic hydroxyl groups is 2. The number of allylic oxidation sites excluding steroid dienone is 1. The molecule has 3 unspecified atom stereocenters. The minimum Gasteiger partial charge on any atom is -0.507 e. The summed E-state index contributed by atoms with van der Waals surface area (Å²) in [6.45, 7) is 12.5. The van der Waals surface area contributed by atoms with Crippen LogP contribution in [0.25, 0.3) is 0 Å². The molecule has 3 aromatic carbocycles. The molecule has 25 nitrogen and oxygen atoms in total. The van der Waals surface area contributed by atoms with E-state index in [0.717, 1.165) is 24.7 Å². The maximum Gasteiger partial charge on any atom is 0.524 e. The number of benzene rings is 3. The van der Waals surface area contributed by atoms with Gasteiger partial charge in [-0.1, -0.05) is 96.2 Å². The van der Waals surface area contributed by atoms with Gasteiger partial charge in [-0.15, -0.1) is 0 Å². The molecule has 0 aromatic heterocycles. The number of phosphoric acid groups is 1. The summed E-state index contributed by atoms with van der Waals surface area (Å²) in [5, 5.41) is 75.0. The summed E-state index contributed by atoms with van der Waals surface area (Å²) in [7, 11) is -3.60. The quantitative estimate of drug-likeness (QED) is 0.0104. The predicted octanol–water partition coefficient (Wildman–Crippen LogP) is 9.10. The molecule has 0 bridgehead atoms. The Labute approximate surface area is 588 Å². The number of phenolic OH excluding ortho intramolecular Hbond substituents is 2. The van der Waals surface area contributed by atoms with Crippen LogP contribution >= 0.6 is 7.82 Å². The first-order valence-electron chi connectivity index (χ1n) is 35.8. The second-order valence-electron chi connectivity index (χ2n) is 30.4. The Kier molecular flexibility index (Phi) is 23.9. The molecule has 0 radical (unpaired) electrons. The van der Waals surface area contributed by atoms with Gasteiger partial charge in [0.05, 0.1) is 54.0 Å². The van der Waals surface area contributed by atoms with Crippen molar-refractivity contribution in [3.63, 3.8) is 0 Å². The molecule has 101 heavy (non-hydrogen) atoms. The van der Waals surface area contributed by atoms with Crippen molar-refractivity contribution in [3.05, 3.63) is 93.1 Å². The summed E-state index contributed by atoms with van der Waals surface area (Å²) in [5.74, 6) is -4.72. The normalized spacial score (nSPS) is 29.0. The lowest BCUT2D eigenvalue weighted by Crippen LogP contribution is -2.56. The van der Waals surface area contributed by atoms with E-state index in [-0.39, 0.29) is 90.7 Å². The topological polar surface area (TPSA) is 398 Å². The maximum absolute atomic E-state index is 14.3. The highest BCUT2D eigenvalue weighted by atomic mass is 31.2. The Bertz CT molecular complexity index is 3720. The molecule has 1 heterocycles. The number of carbonyl (C=O) groups is 8. The number of phenols is 2. The van der Waals surface area contributed by atoms with E-state index in [0.29, 0.717) is 47.5 Å². The Morgan fingerprint density at radius 2 is 1.56 bits per heavy atom. The molecule has 10 rings (SSSR count). The first-order valence-corrected chi connectivity index (χ1v) is 37.4. The van der Waals surface area contributed by atoms with Gasteiger partial charge in [0.1, 0.15) is 47.4 Å². The van der Waals surface area contributed by atoms with Gasteiger partial charge < -0.3 is 70.1 Å². The highest BCUT2D eigenvalue weighted by Gasteiger charge is 2.60. The lowest BCUT2D eigenvalue weighted by atomic mass is 9.47. The van der Waals surface area contributed by atoms with Gasteiger partial charge in [-0.25, -0.2) is 9.36 Å². The highest BCUT2D eigenvalue weighted by Crippen LogP contribution is 2.68. The SMILES string of the molecule is COc1cccc2c1C(=O)c1c(O)c3c(c(O)c1C2=O)C[C@@](O)(C(=O)CO)C[C@@H]3O[C@H]1C[C@H](NC(=O)CCC(=O)NCCCC[C@@H](CC(=O)C(Cc2ccc(OP(=O)(O)O)cc2)NC(=O)OC2CC[C@@]3(C)C(=CC[C@@H]4[C@@H]3CC[C@]3(C)C([C@H](C)CCCC(C)C)CC[C@@H]43)C2)C(=O)O)[C@H](O)[C@H](C)O1. The largest absolute Gasteiger partial charge is 0.524 e. The van der Waals surface area contributed by atoms with Crippen molar-refractivity contribution in [1.29, 1.82) is 0 Å². The lowest BCUT2D eigenvalue weighted by molar-refractivity contribution is -0.249. The number of hydrogen-bond acceptors (Lipinski definition) is 19. The fraction of sp³-hybridized carbons (Fsp3) is 0.627. The standard InChI is InChI=1S/C75H100N3O22P/c1-39(2)12-10-13-40(3)50-23-24-51-47-22-19-44-34-46(27-29-73(44,5)52(47)28-30-74(50,51)6)98-72(91)78-53(32-42-17-20-45(21-18-42)100-101(93,94)95)55(80)33-43(71(89)90)14-8-9-31-76-59(82)25-26-60(83)77-54-35-61(97-41(4)66(54)84)99-57-37-75(92,58(81)38-79)36-49-63(57)70(88)65-64(68(49)86)67(85)48-15-11-16-56(96-7)62(48)69(65)87/h11,15-21,39-41,43,46-47,50-54,57,61,66,79,84,86,88,92H,8-10,12-14,22-38H2,1-7H3,(H,76,82)(H,77,83)(H,78,91)(H,89,90)(H2,93,94,95)/t40-,41+,43+,46?,47+,50?,51+,52+,53?,54+,57+,61+,66-,73+,74-,75+/m1/s1. The van der Waals surface area contributed by atoms with Gasteiger partial charge in [-0.05, 0) is 141 Å². The van der Waals surface area contributed by atoms with E-state index in [1.165, 1.54) is 107 Å². The third-order valence-electron chi connectivity index (χ3n) is 23.6. The zero-order chi connectivity index (χ0) is 73.2. The number of aliphatic carboxylic acids is 1. The lowest BCUT2D eigenvalue weighted by Gasteiger charge is -2.58. The number of amides is 3. The van der Waals surface area contributed by atoms with Crippen LogP contribution in [0, 0.1) is 52.3 Å². The number of carboxylic acid groups (broad SMARTS) is 1. The van der Waals surface area contributed by atoms with Crippen LogP contribution in [-0.4, -0.2) is 150 Å². The van der Waals surface area contributed by atoms with E-state index in [1.54, 1.807) is 0 Å². The number of nitrogens with one attached hydrogen (secondary N) is 3. The molecule has 1 aliphatic heterocycles. The number of methoxy groups -OCH3 is 1. The van der Waals surface area contributed by atoms with Crippen LogP contribution in [0.15, 0.2) is 54.1 Å². The van der Waals surface area contributed by atoms with Crippen LogP contribution < -0.4 is 25.2 Å². The number of hydrogen-bond donors (Lipinski definition) is 11. The van der Waals surface area contributed by atoms with Gasteiger partial charge in [0.15, 0.2) is 23.6 Å². The Morgan fingerprint density at radius 1 is 0.842 bits per heavy atom. The zero-order valence-corrected chi connectivity index (χ0v) is 59.6. The van der Waals surface area contributed by atoms with Crippen LogP contribution in [0.5, 0.6) is 23.0 Å². The number of aliphatic hydroxyl groups excluding tert-OH is 2. The van der Waals surface area contributed by atoms with E-state index in [1.807, 2.05) is 0 Å². The average molecular weight is 1430 g/mol. The van der Waals surface area contributed by atoms with Gasteiger partial charge in [-0.2, -0.15) is 0 Å². The Balaban J connectivity index is 0.709. The Hall–Kier alpha value is -7.09. The molecule has 1 saturated heterocycles. The van der Waals surface area contributed by atoms with E-state index in [9.17, 15) is 83.3 Å². The number of ketones is 4. The van der Waals surface area contributed by atoms with Crippen molar-refractivity contribution in [1.82, 2.24) is 16.0 Å². The maximum atomic E-state index is 14.3. The van der Waals surface area contributed by atoms with Crippen LogP contribution in [0.3, 0.4) is 0 Å². The molecule has 6 aliphatic carbocycles. The van der Waals surface area contributed by atoms with Crippen molar-refractivity contribution >= 4 is 54.8 Å². The highest BCUT2D eigenvalue weighted by molar-refractivity contribution is 7.46. The monoisotopic (exact) mass is 1430 g/mol. The van der Waals surface area contributed by atoms with Gasteiger partial charge in [-0.3, -0.25) is 43.3 Å².